The van der Waals surface area contributed by atoms with Crippen LogP contribution in [0.2, 0.25) is 0 Å². The molecule has 4 bridgehead atoms. The lowest BCUT2D eigenvalue weighted by molar-refractivity contribution is -0.172. The van der Waals surface area contributed by atoms with E-state index >= 15 is 0 Å². The number of nitrogens with one attached hydrogen (secondary N) is 1. The predicted octanol–water partition coefficient (Wildman–Crippen LogP) is 4.15. The van der Waals surface area contributed by atoms with Gasteiger partial charge in [-0.25, -0.2) is 0 Å². The topological polar surface area (TPSA) is 55.4 Å². The smallest absolute Gasteiger partial charge is 0.312 e. The maximum absolute atomic E-state index is 12.7. The minimum atomic E-state index is -0.303. The summed E-state index contributed by atoms with van der Waals surface area (Å²) in [6, 6.07) is 7.40. The van der Waals surface area contributed by atoms with E-state index in [-0.39, 0.29) is 23.9 Å². The van der Waals surface area contributed by atoms with Gasteiger partial charge in [-0.3, -0.25) is 9.59 Å². The Morgan fingerprint density at radius 3 is 2.25 bits per heavy atom. The first-order valence-electron chi connectivity index (χ1n) is 8.76. The van der Waals surface area contributed by atoms with E-state index in [1.165, 1.54) is 19.3 Å². The summed E-state index contributed by atoms with van der Waals surface area (Å²) in [6.07, 6.45) is 6.75. The van der Waals surface area contributed by atoms with Gasteiger partial charge in [0.1, 0.15) is 0 Å². The Hall–Kier alpha value is -1.36. The van der Waals surface area contributed by atoms with Crippen molar-refractivity contribution in [3.63, 3.8) is 0 Å². The third-order valence-electron chi connectivity index (χ3n) is 5.95. The van der Waals surface area contributed by atoms with Crippen molar-refractivity contribution in [3.8, 4) is 0 Å². The fraction of sp³-hybridized carbons (Fsp3) is 0.579. The van der Waals surface area contributed by atoms with Gasteiger partial charge in [-0.2, -0.15) is 0 Å². The Kier molecular flexibility index (Phi) is 4.15. The van der Waals surface area contributed by atoms with Crippen molar-refractivity contribution in [2.24, 2.45) is 23.2 Å². The number of hydrogen-bond donors (Lipinski definition) is 1. The molecule has 5 heteroatoms. The number of halogens is 1. The molecule has 128 valence electrons. The summed E-state index contributed by atoms with van der Waals surface area (Å²) >= 11 is 3.39. The summed E-state index contributed by atoms with van der Waals surface area (Å²) in [5.41, 5.74) is 0.385. The quantitative estimate of drug-likeness (QED) is 0.784. The molecule has 1 N–H and O–H groups in total. The predicted molar refractivity (Wildman–Crippen MR) is 94.3 cm³/mol. The summed E-state index contributed by atoms with van der Waals surface area (Å²) in [5, 5.41) is 2.78. The highest BCUT2D eigenvalue weighted by Crippen LogP contribution is 2.60. The first-order valence-corrected chi connectivity index (χ1v) is 9.55. The number of hydrogen-bond acceptors (Lipinski definition) is 3. The summed E-state index contributed by atoms with van der Waals surface area (Å²) in [7, 11) is 0. The van der Waals surface area contributed by atoms with Gasteiger partial charge in [0.25, 0.3) is 5.91 Å². The maximum Gasteiger partial charge on any atom is 0.312 e. The average Bonchev–Trinajstić information content (AvgIpc) is 2.53. The highest BCUT2D eigenvalue weighted by atomic mass is 79.9. The fourth-order valence-corrected chi connectivity index (χ4v) is 5.78. The van der Waals surface area contributed by atoms with E-state index in [1.807, 2.05) is 24.3 Å². The van der Waals surface area contributed by atoms with Crippen molar-refractivity contribution in [2.75, 3.05) is 11.9 Å². The Morgan fingerprint density at radius 2 is 1.67 bits per heavy atom. The van der Waals surface area contributed by atoms with Gasteiger partial charge >= 0.3 is 5.97 Å². The third kappa shape index (κ3) is 2.99. The lowest BCUT2D eigenvalue weighted by atomic mass is 9.49. The molecule has 0 atom stereocenters. The molecule has 0 radical (unpaired) electrons. The van der Waals surface area contributed by atoms with E-state index in [0.717, 1.165) is 23.7 Å². The molecule has 5 rings (SSSR count). The minimum Gasteiger partial charge on any atom is -0.455 e. The molecule has 4 aliphatic rings. The van der Waals surface area contributed by atoms with Gasteiger partial charge in [0, 0.05) is 4.47 Å². The zero-order chi connectivity index (χ0) is 16.7. The minimum absolute atomic E-state index is 0.149. The molecule has 4 aliphatic carbocycles. The second-order valence-corrected chi connectivity index (χ2v) is 8.66. The van der Waals surface area contributed by atoms with E-state index in [2.05, 4.69) is 21.2 Å². The number of carbonyl (C=O) groups excluding carboxylic acids is 2. The van der Waals surface area contributed by atoms with Crippen molar-refractivity contribution >= 4 is 33.5 Å². The number of benzene rings is 1. The summed E-state index contributed by atoms with van der Waals surface area (Å²) in [5.74, 6) is 1.64. The first-order chi connectivity index (χ1) is 11.5. The van der Waals surface area contributed by atoms with Gasteiger partial charge in [-0.1, -0.05) is 12.1 Å². The molecule has 4 fully saturated rings. The van der Waals surface area contributed by atoms with Crippen molar-refractivity contribution < 1.29 is 14.3 Å². The van der Waals surface area contributed by atoms with Gasteiger partial charge in [0.2, 0.25) is 0 Å². The summed E-state index contributed by atoms with van der Waals surface area (Å²) in [4.78, 5) is 24.8. The molecule has 0 spiro atoms. The second kappa shape index (κ2) is 6.17. The zero-order valence-electron chi connectivity index (χ0n) is 13.6. The number of para-hydroxylation sites is 1. The molecule has 1 amide bonds. The normalized spacial score (nSPS) is 33.3. The molecule has 0 aliphatic heterocycles. The van der Waals surface area contributed by atoms with Gasteiger partial charge in [-0.15, -0.1) is 0 Å². The molecule has 0 unspecified atom stereocenters. The van der Waals surface area contributed by atoms with E-state index in [9.17, 15) is 9.59 Å². The second-order valence-electron chi connectivity index (χ2n) is 7.80. The number of anilines is 1. The van der Waals surface area contributed by atoms with Crippen LogP contribution in [0.5, 0.6) is 0 Å². The van der Waals surface area contributed by atoms with Crippen LogP contribution >= 0.6 is 15.9 Å². The Bertz CT molecular complexity index is 637. The van der Waals surface area contributed by atoms with Gasteiger partial charge < -0.3 is 10.1 Å². The van der Waals surface area contributed by atoms with Crippen LogP contribution in [0.15, 0.2) is 28.7 Å². The van der Waals surface area contributed by atoms with Crippen LogP contribution in [0.25, 0.3) is 0 Å². The highest BCUT2D eigenvalue weighted by Gasteiger charge is 2.55. The van der Waals surface area contributed by atoms with Gasteiger partial charge in [0.15, 0.2) is 6.61 Å². The van der Waals surface area contributed by atoms with E-state index in [4.69, 9.17) is 4.74 Å². The third-order valence-corrected chi connectivity index (χ3v) is 6.65. The molecule has 1 aromatic rings. The molecular weight excluding hydrogens is 370 g/mol. The monoisotopic (exact) mass is 391 g/mol. The number of ether oxygens (including phenoxy) is 1. The van der Waals surface area contributed by atoms with Crippen LogP contribution in [-0.2, 0) is 14.3 Å². The lowest BCUT2D eigenvalue weighted by Crippen LogP contribution is -2.50. The maximum atomic E-state index is 12.7. The van der Waals surface area contributed by atoms with E-state index < -0.39 is 0 Å². The van der Waals surface area contributed by atoms with Crippen LogP contribution in [0, 0.1) is 23.2 Å². The Labute approximate surface area is 150 Å². The fourth-order valence-electron chi connectivity index (χ4n) is 5.39. The molecule has 1 aromatic carbocycles. The number of esters is 1. The Morgan fingerprint density at radius 1 is 1.08 bits per heavy atom. The van der Waals surface area contributed by atoms with Crippen LogP contribution in [0.1, 0.15) is 38.5 Å². The largest absolute Gasteiger partial charge is 0.455 e. The average molecular weight is 392 g/mol. The summed E-state index contributed by atoms with van der Waals surface area (Å²) < 4.78 is 6.25. The molecular formula is C19H22BrNO3. The number of rotatable bonds is 4. The van der Waals surface area contributed by atoms with Crippen molar-refractivity contribution in [1.82, 2.24) is 0 Å². The van der Waals surface area contributed by atoms with E-state index in [0.29, 0.717) is 23.4 Å². The lowest BCUT2D eigenvalue weighted by Gasteiger charge is -2.55. The summed E-state index contributed by atoms with van der Waals surface area (Å²) in [6.45, 7) is -0.206. The van der Waals surface area contributed by atoms with Gasteiger partial charge in [0.05, 0.1) is 11.1 Å². The molecule has 4 nitrogen and oxygen atoms in total. The van der Waals surface area contributed by atoms with Crippen molar-refractivity contribution in [2.45, 2.75) is 38.5 Å². The number of amides is 1. The molecule has 0 heterocycles. The SMILES string of the molecule is O=C(COC(=O)C12CC3CC(CC(C3)C1)C2)Nc1ccccc1Br. The van der Waals surface area contributed by atoms with Gasteiger partial charge in [-0.05, 0) is 84.3 Å². The first kappa shape index (κ1) is 16.1. The van der Waals surface area contributed by atoms with Crippen LogP contribution in [0.3, 0.4) is 0 Å². The Balaban J connectivity index is 1.35. The molecule has 4 saturated carbocycles. The molecule has 0 aromatic heterocycles. The van der Waals surface area contributed by atoms with Crippen LogP contribution < -0.4 is 5.32 Å². The van der Waals surface area contributed by atoms with Crippen molar-refractivity contribution in [1.29, 1.82) is 0 Å². The molecule has 24 heavy (non-hydrogen) atoms. The standard InChI is InChI=1S/C19H22BrNO3/c20-15-3-1-2-4-16(15)21-17(22)11-24-18(23)19-8-12-5-13(9-19)7-14(6-12)10-19/h1-4,12-14H,5-11H2,(H,21,22). The van der Waals surface area contributed by atoms with Crippen LogP contribution in [0.4, 0.5) is 5.69 Å². The van der Waals surface area contributed by atoms with Crippen LogP contribution in [-0.4, -0.2) is 18.5 Å². The number of carbonyl (C=O) groups is 2. The molecule has 0 saturated heterocycles. The van der Waals surface area contributed by atoms with Crippen molar-refractivity contribution in [3.05, 3.63) is 28.7 Å². The zero-order valence-corrected chi connectivity index (χ0v) is 15.2. The van der Waals surface area contributed by atoms with E-state index in [1.54, 1.807) is 0 Å². The highest BCUT2D eigenvalue weighted by molar-refractivity contribution is 9.10.